The first-order valence-corrected chi connectivity index (χ1v) is 3.23. The van der Waals surface area contributed by atoms with E-state index in [9.17, 15) is 18.0 Å². The van der Waals surface area contributed by atoms with E-state index in [0.717, 1.165) is 12.3 Å². The first kappa shape index (κ1) is 9.50. The minimum Gasteiger partial charge on any atom is -0.397 e. The van der Waals surface area contributed by atoms with Crippen molar-refractivity contribution in [2.45, 2.75) is 6.18 Å². The number of alkyl halides is 3. The highest BCUT2D eigenvalue weighted by molar-refractivity contribution is 5.78. The van der Waals surface area contributed by atoms with Crippen LogP contribution in [0.15, 0.2) is 12.3 Å². The van der Waals surface area contributed by atoms with Crippen molar-refractivity contribution < 1.29 is 18.0 Å². The van der Waals surface area contributed by atoms with E-state index in [0.29, 0.717) is 0 Å². The van der Waals surface area contributed by atoms with Crippen molar-refractivity contribution in [3.05, 3.63) is 23.5 Å². The van der Waals surface area contributed by atoms with Crippen LogP contribution in [0.2, 0.25) is 0 Å². The van der Waals surface area contributed by atoms with Gasteiger partial charge in [-0.15, -0.1) is 0 Å². The summed E-state index contributed by atoms with van der Waals surface area (Å²) in [6, 6.07) is 0.933. The molecule has 0 aliphatic rings. The van der Waals surface area contributed by atoms with Crippen LogP contribution in [0.5, 0.6) is 0 Å². The molecule has 1 aromatic heterocycles. The number of aldehydes is 1. The SMILES string of the molecule is Nc1cnc(C(F)(F)F)c(C=O)c1. The van der Waals surface area contributed by atoms with Crippen LogP contribution in [0.1, 0.15) is 16.1 Å². The van der Waals surface area contributed by atoms with Gasteiger partial charge in [0.1, 0.15) is 0 Å². The predicted octanol–water partition coefficient (Wildman–Crippen LogP) is 1.50. The number of nitrogens with zero attached hydrogens (tertiary/aromatic N) is 1. The van der Waals surface area contributed by atoms with E-state index in [1.807, 2.05) is 0 Å². The normalized spacial score (nSPS) is 11.3. The van der Waals surface area contributed by atoms with Gasteiger partial charge in [-0.05, 0) is 6.07 Å². The second kappa shape index (κ2) is 3.04. The lowest BCUT2D eigenvalue weighted by Crippen LogP contribution is -2.12. The highest BCUT2D eigenvalue weighted by atomic mass is 19.4. The highest BCUT2D eigenvalue weighted by Gasteiger charge is 2.35. The van der Waals surface area contributed by atoms with Crippen LogP contribution < -0.4 is 5.73 Å². The number of nitrogens with two attached hydrogens (primary N) is 1. The maximum atomic E-state index is 12.1. The lowest BCUT2D eigenvalue weighted by atomic mass is 10.2. The van der Waals surface area contributed by atoms with Crippen molar-refractivity contribution in [3.63, 3.8) is 0 Å². The fourth-order valence-corrected chi connectivity index (χ4v) is 0.825. The van der Waals surface area contributed by atoms with Crippen LogP contribution >= 0.6 is 0 Å². The van der Waals surface area contributed by atoms with Gasteiger partial charge in [-0.2, -0.15) is 13.2 Å². The van der Waals surface area contributed by atoms with E-state index in [4.69, 9.17) is 5.73 Å². The van der Waals surface area contributed by atoms with Crippen molar-refractivity contribution in [3.8, 4) is 0 Å². The molecule has 0 aliphatic carbocycles. The van der Waals surface area contributed by atoms with Crippen LogP contribution in [0.3, 0.4) is 0 Å². The summed E-state index contributed by atoms with van der Waals surface area (Å²) in [4.78, 5) is 13.3. The molecule has 6 heteroatoms. The third-order valence-corrected chi connectivity index (χ3v) is 1.33. The van der Waals surface area contributed by atoms with E-state index < -0.39 is 17.4 Å². The molecule has 0 unspecified atom stereocenters. The Bertz CT molecular complexity index is 335. The number of pyridine rings is 1. The summed E-state index contributed by atoms with van der Waals surface area (Å²) < 4.78 is 36.3. The van der Waals surface area contributed by atoms with Crippen molar-refractivity contribution in [1.82, 2.24) is 4.98 Å². The summed E-state index contributed by atoms with van der Waals surface area (Å²) in [7, 11) is 0. The third-order valence-electron chi connectivity index (χ3n) is 1.33. The highest BCUT2D eigenvalue weighted by Crippen LogP contribution is 2.29. The molecule has 1 rings (SSSR count). The number of halogens is 3. The molecule has 0 aliphatic heterocycles. The number of hydrogen-bond donors (Lipinski definition) is 1. The van der Waals surface area contributed by atoms with Gasteiger partial charge in [0, 0.05) is 5.56 Å². The Balaban J connectivity index is 3.29. The maximum Gasteiger partial charge on any atom is 0.434 e. The lowest BCUT2D eigenvalue weighted by molar-refractivity contribution is -0.141. The zero-order valence-electron chi connectivity index (χ0n) is 6.30. The molecule has 70 valence electrons. The quantitative estimate of drug-likeness (QED) is 0.682. The molecule has 0 radical (unpaired) electrons. The molecule has 1 heterocycles. The Kier molecular flexibility index (Phi) is 2.22. The number of aromatic nitrogens is 1. The monoisotopic (exact) mass is 190 g/mol. The van der Waals surface area contributed by atoms with E-state index in [1.165, 1.54) is 0 Å². The summed E-state index contributed by atoms with van der Waals surface area (Å²) >= 11 is 0. The van der Waals surface area contributed by atoms with Gasteiger partial charge in [0.25, 0.3) is 0 Å². The van der Waals surface area contributed by atoms with Gasteiger partial charge < -0.3 is 5.73 Å². The Labute approximate surface area is 71.4 Å². The second-order valence-electron chi connectivity index (χ2n) is 2.32. The van der Waals surface area contributed by atoms with Crippen LogP contribution in [-0.4, -0.2) is 11.3 Å². The Morgan fingerprint density at radius 3 is 2.54 bits per heavy atom. The van der Waals surface area contributed by atoms with Gasteiger partial charge in [-0.1, -0.05) is 0 Å². The lowest BCUT2D eigenvalue weighted by Gasteiger charge is -2.07. The number of nitrogen functional groups attached to an aromatic ring is 1. The molecule has 0 saturated heterocycles. The van der Waals surface area contributed by atoms with Crippen LogP contribution in [0.4, 0.5) is 18.9 Å². The summed E-state index contributed by atoms with van der Waals surface area (Å²) in [6.07, 6.45) is -3.69. The molecule has 0 atom stereocenters. The number of anilines is 1. The minimum absolute atomic E-state index is 0.0232. The number of carbonyl (C=O) groups excluding carboxylic acids is 1. The van der Waals surface area contributed by atoms with Crippen LogP contribution in [0.25, 0.3) is 0 Å². The predicted molar refractivity (Wildman–Crippen MR) is 39.0 cm³/mol. The average molecular weight is 190 g/mol. The largest absolute Gasteiger partial charge is 0.434 e. The number of hydrogen-bond acceptors (Lipinski definition) is 3. The van der Waals surface area contributed by atoms with Crippen molar-refractivity contribution in [2.75, 3.05) is 5.73 Å². The van der Waals surface area contributed by atoms with Crippen LogP contribution in [0, 0.1) is 0 Å². The van der Waals surface area contributed by atoms with Gasteiger partial charge in [0.05, 0.1) is 11.9 Å². The third kappa shape index (κ3) is 1.95. The first-order chi connectivity index (χ1) is 5.95. The van der Waals surface area contributed by atoms with Crippen molar-refractivity contribution in [1.29, 1.82) is 0 Å². The van der Waals surface area contributed by atoms with Gasteiger partial charge in [-0.3, -0.25) is 4.79 Å². The summed E-state index contributed by atoms with van der Waals surface area (Å²) in [5.41, 5.74) is 3.42. The molecule has 1 aromatic rings. The molecule has 0 saturated carbocycles. The smallest absolute Gasteiger partial charge is 0.397 e. The average Bonchev–Trinajstić information content (AvgIpc) is 2.01. The topological polar surface area (TPSA) is 56.0 Å². The molecule has 3 nitrogen and oxygen atoms in total. The summed E-state index contributed by atoms with van der Waals surface area (Å²) in [5, 5.41) is 0. The van der Waals surface area contributed by atoms with Gasteiger partial charge in [0.2, 0.25) is 0 Å². The molecule has 2 N–H and O–H groups in total. The van der Waals surface area contributed by atoms with E-state index in [2.05, 4.69) is 4.98 Å². The Morgan fingerprint density at radius 2 is 2.08 bits per heavy atom. The molecular formula is C7H5F3N2O. The van der Waals surface area contributed by atoms with E-state index in [-0.39, 0.29) is 12.0 Å². The summed E-state index contributed by atoms with van der Waals surface area (Å²) in [6.45, 7) is 0. The van der Waals surface area contributed by atoms with E-state index >= 15 is 0 Å². The molecule has 0 bridgehead atoms. The zero-order chi connectivity index (χ0) is 10.1. The van der Waals surface area contributed by atoms with Crippen LogP contribution in [-0.2, 0) is 6.18 Å². The molecule has 0 aromatic carbocycles. The zero-order valence-corrected chi connectivity index (χ0v) is 6.30. The summed E-state index contributed by atoms with van der Waals surface area (Å²) in [5.74, 6) is 0. The second-order valence-corrected chi connectivity index (χ2v) is 2.32. The van der Waals surface area contributed by atoms with Gasteiger partial charge >= 0.3 is 6.18 Å². The fraction of sp³-hybridized carbons (Fsp3) is 0.143. The minimum atomic E-state index is -4.62. The number of carbonyl (C=O) groups is 1. The molecule has 13 heavy (non-hydrogen) atoms. The van der Waals surface area contributed by atoms with E-state index in [1.54, 1.807) is 0 Å². The first-order valence-electron chi connectivity index (χ1n) is 3.23. The molecular weight excluding hydrogens is 185 g/mol. The standard InChI is InChI=1S/C7H5F3N2O/c8-7(9,10)6-4(3-13)1-5(11)2-12-6/h1-3H,11H2. The van der Waals surface area contributed by atoms with Crippen molar-refractivity contribution >= 4 is 12.0 Å². The molecule has 0 spiro atoms. The molecule has 0 fully saturated rings. The fourth-order valence-electron chi connectivity index (χ4n) is 0.825. The Hall–Kier alpha value is -1.59. The number of rotatable bonds is 1. The maximum absolute atomic E-state index is 12.1. The van der Waals surface area contributed by atoms with Gasteiger partial charge in [-0.25, -0.2) is 4.98 Å². The van der Waals surface area contributed by atoms with Gasteiger partial charge in [0.15, 0.2) is 12.0 Å². The van der Waals surface area contributed by atoms with Crippen molar-refractivity contribution in [2.24, 2.45) is 0 Å². The molecule has 0 amide bonds. The Morgan fingerprint density at radius 1 is 1.46 bits per heavy atom.